The second kappa shape index (κ2) is 3.92. The summed E-state index contributed by atoms with van der Waals surface area (Å²) in [7, 11) is 0. The van der Waals surface area contributed by atoms with Crippen molar-refractivity contribution in [3.8, 4) is 0 Å². The van der Waals surface area contributed by atoms with Crippen molar-refractivity contribution in [2.45, 2.75) is 6.92 Å². The number of nitrogens with zero attached hydrogens (tertiary/aromatic N) is 1. The fraction of sp³-hybridized carbons (Fsp3) is 0.0909. The zero-order chi connectivity index (χ0) is 11.9. The molecule has 0 radical (unpaired) electrons. The van der Waals surface area contributed by atoms with Crippen LogP contribution in [0, 0.1) is 6.92 Å². The van der Waals surface area contributed by atoms with Crippen LogP contribution in [0.2, 0.25) is 10.0 Å². The fourth-order valence-electron chi connectivity index (χ4n) is 1.51. The molecule has 0 atom stereocenters. The Morgan fingerprint density at radius 3 is 2.62 bits per heavy atom. The number of pyridine rings is 1. The first-order valence-electron chi connectivity index (χ1n) is 4.48. The van der Waals surface area contributed by atoms with Gasteiger partial charge >= 0.3 is 5.97 Å². The number of aryl methyl sites for hydroxylation is 1. The summed E-state index contributed by atoms with van der Waals surface area (Å²) in [6.45, 7) is 1.64. The van der Waals surface area contributed by atoms with Crippen LogP contribution < -0.4 is 0 Å². The van der Waals surface area contributed by atoms with E-state index in [4.69, 9.17) is 28.3 Å². The molecule has 0 amide bonds. The van der Waals surface area contributed by atoms with Crippen LogP contribution >= 0.6 is 23.2 Å². The van der Waals surface area contributed by atoms with Gasteiger partial charge < -0.3 is 5.11 Å². The van der Waals surface area contributed by atoms with E-state index >= 15 is 0 Å². The molecule has 0 unspecified atom stereocenters. The van der Waals surface area contributed by atoms with Crippen molar-refractivity contribution < 1.29 is 9.90 Å². The van der Waals surface area contributed by atoms with E-state index in [-0.39, 0.29) is 5.56 Å². The molecule has 0 aliphatic carbocycles. The van der Waals surface area contributed by atoms with Crippen LogP contribution in [0.25, 0.3) is 10.9 Å². The second-order valence-corrected chi connectivity index (χ2v) is 4.22. The minimum absolute atomic E-state index is 0.150. The SMILES string of the molecule is Cc1nc2cc(Cl)cc(Cl)c2cc1C(=O)O. The van der Waals surface area contributed by atoms with E-state index < -0.39 is 5.97 Å². The summed E-state index contributed by atoms with van der Waals surface area (Å²) in [4.78, 5) is 15.1. The highest BCUT2D eigenvalue weighted by molar-refractivity contribution is 6.38. The van der Waals surface area contributed by atoms with Crippen molar-refractivity contribution in [2.24, 2.45) is 0 Å². The topological polar surface area (TPSA) is 50.2 Å². The monoisotopic (exact) mass is 255 g/mol. The number of aromatic nitrogens is 1. The van der Waals surface area contributed by atoms with E-state index in [1.165, 1.54) is 6.07 Å². The maximum Gasteiger partial charge on any atom is 0.337 e. The van der Waals surface area contributed by atoms with Crippen molar-refractivity contribution in [2.75, 3.05) is 0 Å². The number of aromatic carboxylic acids is 1. The molecule has 82 valence electrons. The van der Waals surface area contributed by atoms with Gasteiger partial charge in [0.15, 0.2) is 0 Å². The highest BCUT2D eigenvalue weighted by atomic mass is 35.5. The molecule has 1 aromatic heterocycles. The van der Waals surface area contributed by atoms with Crippen LogP contribution in [0.3, 0.4) is 0 Å². The van der Waals surface area contributed by atoms with Gasteiger partial charge in [0.1, 0.15) is 0 Å². The Balaban J connectivity index is 2.84. The van der Waals surface area contributed by atoms with E-state index in [1.807, 2.05) is 0 Å². The molecule has 0 aliphatic heterocycles. The number of carbonyl (C=O) groups is 1. The van der Waals surface area contributed by atoms with Crippen molar-refractivity contribution in [3.05, 3.63) is 39.5 Å². The first kappa shape index (κ1) is 11.2. The van der Waals surface area contributed by atoms with Crippen LogP contribution in [-0.4, -0.2) is 16.1 Å². The Labute approximate surface area is 102 Å². The van der Waals surface area contributed by atoms with Gasteiger partial charge in [-0.2, -0.15) is 0 Å². The number of hydrogen-bond donors (Lipinski definition) is 1. The Kier molecular flexibility index (Phi) is 2.74. The third-order valence-electron chi connectivity index (χ3n) is 2.27. The van der Waals surface area contributed by atoms with Gasteiger partial charge in [0, 0.05) is 10.4 Å². The van der Waals surface area contributed by atoms with E-state index in [1.54, 1.807) is 19.1 Å². The average molecular weight is 256 g/mol. The Hall–Kier alpha value is -1.32. The molecule has 0 saturated heterocycles. The zero-order valence-corrected chi connectivity index (χ0v) is 9.80. The second-order valence-electron chi connectivity index (χ2n) is 3.38. The number of benzene rings is 1. The van der Waals surface area contributed by atoms with E-state index in [0.717, 1.165) is 0 Å². The summed E-state index contributed by atoms with van der Waals surface area (Å²) in [6, 6.07) is 4.73. The van der Waals surface area contributed by atoms with Gasteiger partial charge in [-0.1, -0.05) is 23.2 Å². The molecule has 0 saturated carbocycles. The molecule has 16 heavy (non-hydrogen) atoms. The van der Waals surface area contributed by atoms with E-state index in [0.29, 0.717) is 26.6 Å². The number of fused-ring (bicyclic) bond motifs is 1. The van der Waals surface area contributed by atoms with Gasteiger partial charge in [-0.25, -0.2) is 4.79 Å². The lowest BCUT2D eigenvalue weighted by molar-refractivity contribution is 0.0696. The lowest BCUT2D eigenvalue weighted by atomic mass is 10.1. The highest BCUT2D eigenvalue weighted by Crippen LogP contribution is 2.28. The molecular formula is C11H7Cl2NO2. The molecule has 1 aromatic carbocycles. The third-order valence-corrected chi connectivity index (χ3v) is 2.80. The molecule has 1 heterocycles. The number of carboxylic acid groups (broad SMARTS) is 1. The first-order chi connectivity index (χ1) is 7.49. The van der Waals surface area contributed by atoms with E-state index in [2.05, 4.69) is 4.98 Å². The van der Waals surface area contributed by atoms with E-state index in [9.17, 15) is 4.79 Å². The summed E-state index contributed by atoms with van der Waals surface area (Å²) < 4.78 is 0. The summed E-state index contributed by atoms with van der Waals surface area (Å²) in [5, 5.41) is 10.4. The molecular weight excluding hydrogens is 249 g/mol. The molecule has 2 rings (SSSR count). The van der Waals surface area contributed by atoms with Gasteiger partial charge in [-0.15, -0.1) is 0 Å². The molecule has 3 nitrogen and oxygen atoms in total. The smallest absolute Gasteiger partial charge is 0.337 e. The minimum atomic E-state index is -1.02. The number of hydrogen-bond acceptors (Lipinski definition) is 2. The molecule has 2 aromatic rings. The molecule has 0 aliphatic rings. The third kappa shape index (κ3) is 1.84. The fourth-order valence-corrected chi connectivity index (χ4v) is 2.05. The summed E-state index contributed by atoms with van der Waals surface area (Å²) in [5.41, 5.74) is 1.19. The van der Waals surface area contributed by atoms with Crippen LogP contribution in [0.4, 0.5) is 0 Å². The summed E-state index contributed by atoms with van der Waals surface area (Å²) >= 11 is 11.8. The van der Waals surface area contributed by atoms with Crippen molar-refractivity contribution in [1.29, 1.82) is 0 Å². The van der Waals surface area contributed by atoms with Crippen LogP contribution in [0.15, 0.2) is 18.2 Å². The predicted molar refractivity (Wildman–Crippen MR) is 63.5 cm³/mol. The average Bonchev–Trinajstić information content (AvgIpc) is 2.15. The standard InChI is InChI=1S/C11H7Cl2NO2/c1-5-7(11(15)16)4-8-9(13)2-6(12)3-10(8)14-5/h2-4H,1H3,(H,15,16). The molecule has 1 N–H and O–H groups in total. The van der Waals surface area contributed by atoms with Gasteiger partial charge in [0.25, 0.3) is 0 Å². The van der Waals surface area contributed by atoms with Crippen molar-refractivity contribution in [1.82, 2.24) is 4.98 Å². The molecule has 5 heteroatoms. The summed E-state index contributed by atoms with van der Waals surface area (Å²) in [6.07, 6.45) is 0. The maximum absolute atomic E-state index is 10.9. The van der Waals surface area contributed by atoms with Crippen LogP contribution in [0.1, 0.15) is 16.1 Å². The Morgan fingerprint density at radius 1 is 1.31 bits per heavy atom. The highest BCUT2D eigenvalue weighted by Gasteiger charge is 2.12. The van der Waals surface area contributed by atoms with Crippen LogP contribution in [-0.2, 0) is 0 Å². The van der Waals surface area contributed by atoms with Gasteiger partial charge in [0.2, 0.25) is 0 Å². The Morgan fingerprint density at radius 2 is 2.00 bits per heavy atom. The first-order valence-corrected chi connectivity index (χ1v) is 5.24. The number of halogens is 2. The largest absolute Gasteiger partial charge is 0.478 e. The lowest BCUT2D eigenvalue weighted by Crippen LogP contribution is -2.02. The van der Waals surface area contributed by atoms with Crippen molar-refractivity contribution >= 4 is 40.1 Å². The Bertz CT molecular complexity index is 596. The van der Waals surface area contributed by atoms with Gasteiger partial charge in [-0.05, 0) is 25.1 Å². The molecule has 0 bridgehead atoms. The maximum atomic E-state index is 10.9. The normalized spacial score (nSPS) is 10.7. The van der Waals surface area contributed by atoms with Crippen molar-refractivity contribution in [3.63, 3.8) is 0 Å². The zero-order valence-electron chi connectivity index (χ0n) is 8.29. The minimum Gasteiger partial charge on any atom is -0.478 e. The van der Waals surface area contributed by atoms with Crippen LogP contribution in [0.5, 0.6) is 0 Å². The predicted octanol–water partition coefficient (Wildman–Crippen LogP) is 3.55. The lowest BCUT2D eigenvalue weighted by Gasteiger charge is -2.05. The van der Waals surface area contributed by atoms with Gasteiger partial charge in [0.05, 0.1) is 21.8 Å². The molecule has 0 spiro atoms. The quantitative estimate of drug-likeness (QED) is 0.848. The molecule has 0 fully saturated rings. The summed E-state index contributed by atoms with van der Waals surface area (Å²) in [5.74, 6) is -1.02. The number of rotatable bonds is 1. The van der Waals surface area contributed by atoms with Gasteiger partial charge in [-0.3, -0.25) is 4.98 Å². The number of carboxylic acids is 1.